The van der Waals surface area contributed by atoms with Crippen molar-refractivity contribution in [2.45, 2.75) is 30.8 Å². The van der Waals surface area contributed by atoms with E-state index in [-0.39, 0.29) is 12.3 Å². The molecule has 144 valence electrons. The van der Waals surface area contributed by atoms with Crippen LogP contribution in [-0.2, 0) is 26.3 Å². The van der Waals surface area contributed by atoms with Crippen LogP contribution in [0, 0.1) is 0 Å². The van der Waals surface area contributed by atoms with E-state index in [2.05, 4.69) is 4.99 Å². The van der Waals surface area contributed by atoms with Gasteiger partial charge in [-0.2, -0.15) is 0 Å². The second-order valence-electron chi connectivity index (χ2n) is 7.22. The number of piperidine rings is 1. The topological polar surface area (TPSA) is 68.2 Å². The van der Waals surface area contributed by atoms with Gasteiger partial charge < -0.3 is 14.4 Å². The molecule has 0 unspecified atom stereocenters. The van der Waals surface area contributed by atoms with Crippen molar-refractivity contribution in [3.8, 4) is 5.75 Å². The number of carbonyl (C=O) groups excluding carboxylic acids is 2. The molecule has 1 fully saturated rings. The van der Waals surface area contributed by atoms with Gasteiger partial charge in [-0.15, -0.1) is 0 Å². The van der Waals surface area contributed by atoms with E-state index in [1.165, 1.54) is 7.11 Å². The predicted octanol–water partition coefficient (Wildman–Crippen LogP) is 3.01. The summed E-state index contributed by atoms with van der Waals surface area (Å²) in [6.45, 7) is 0.345. The Labute approximate surface area is 163 Å². The zero-order valence-electron chi connectivity index (χ0n) is 15.9. The Morgan fingerprint density at radius 2 is 1.93 bits per heavy atom. The third kappa shape index (κ3) is 3.05. The standard InChI is InChI=1S/C22H22N2O4/c1-27-16-9-7-15(8-10-16)13-24-19(21(26)28-2)11-22(12-20(24)25)14-23-18-6-4-3-5-17(18)22/h3-10,14,19H,11-13H2,1-2H3/t19-,22-/m1/s1. The van der Waals surface area contributed by atoms with Crippen LogP contribution in [0.3, 0.4) is 0 Å². The molecule has 0 aliphatic carbocycles. The number of para-hydroxylation sites is 1. The predicted molar refractivity (Wildman–Crippen MR) is 105 cm³/mol. The summed E-state index contributed by atoms with van der Waals surface area (Å²) in [5.41, 5.74) is 2.24. The highest BCUT2D eigenvalue weighted by Crippen LogP contribution is 2.46. The van der Waals surface area contributed by atoms with Crippen LogP contribution in [0.15, 0.2) is 53.5 Å². The first kappa shape index (κ1) is 18.2. The van der Waals surface area contributed by atoms with E-state index >= 15 is 0 Å². The van der Waals surface area contributed by atoms with Gasteiger partial charge >= 0.3 is 5.97 Å². The molecular weight excluding hydrogens is 356 g/mol. The molecule has 0 radical (unpaired) electrons. The highest BCUT2D eigenvalue weighted by Gasteiger charge is 2.49. The van der Waals surface area contributed by atoms with Gasteiger partial charge in [-0.25, -0.2) is 4.79 Å². The molecule has 6 nitrogen and oxygen atoms in total. The van der Waals surface area contributed by atoms with E-state index in [0.717, 1.165) is 22.6 Å². The minimum Gasteiger partial charge on any atom is -0.497 e. The number of esters is 1. The van der Waals surface area contributed by atoms with Crippen LogP contribution >= 0.6 is 0 Å². The molecule has 2 heterocycles. The van der Waals surface area contributed by atoms with Crippen LogP contribution in [0.2, 0.25) is 0 Å². The minimum atomic E-state index is -0.661. The van der Waals surface area contributed by atoms with Gasteiger partial charge in [-0.05, 0) is 35.7 Å². The molecule has 0 N–H and O–H groups in total. The molecule has 2 aliphatic rings. The summed E-state index contributed by atoms with van der Waals surface area (Å²) in [7, 11) is 2.97. The smallest absolute Gasteiger partial charge is 0.328 e. The molecular formula is C22H22N2O4. The zero-order chi connectivity index (χ0) is 19.7. The van der Waals surface area contributed by atoms with E-state index in [4.69, 9.17) is 9.47 Å². The first-order valence-electron chi connectivity index (χ1n) is 9.21. The molecule has 2 atom stereocenters. The summed E-state index contributed by atoms with van der Waals surface area (Å²) in [6, 6.07) is 14.6. The van der Waals surface area contributed by atoms with Crippen LogP contribution < -0.4 is 4.74 Å². The van der Waals surface area contributed by atoms with Crippen molar-refractivity contribution in [2.75, 3.05) is 14.2 Å². The Kier molecular flexibility index (Phi) is 4.63. The number of amides is 1. The lowest BCUT2D eigenvalue weighted by Crippen LogP contribution is -2.55. The van der Waals surface area contributed by atoms with E-state index < -0.39 is 17.4 Å². The molecule has 0 bridgehead atoms. The lowest BCUT2D eigenvalue weighted by atomic mass is 9.71. The van der Waals surface area contributed by atoms with Crippen molar-refractivity contribution in [1.29, 1.82) is 0 Å². The molecule has 28 heavy (non-hydrogen) atoms. The number of ether oxygens (including phenoxy) is 2. The zero-order valence-corrected chi connectivity index (χ0v) is 15.9. The SMILES string of the molecule is COC(=O)[C@H]1C[C@]2(C=Nc3ccccc32)CC(=O)N1Cc1ccc(OC)cc1. The van der Waals surface area contributed by atoms with Gasteiger partial charge in [0.05, 0.1) is 19.9 Å². The Bertz CT molecular complexity index is 938. The highest BCUT2D eigenvalue weighted by atomic mass is 16.5. The third-order valence-electron chi connectivity index (χ3n) is 5.60. The fourth-order valence-electron chi connectivity index (χ4n) is 4.12. The number of fused-ring (bicyclic) bond motifs is 2. The number of hydrogen-bond donors (Lipinski definition) is 0. The largest absolute Gasteiger partial charge is 0.497 e. The van der Waals surface area contributed by atoms with Crippen LogP contribution in [0.4, 0.5) is 5.69 Å². The quantitative estimate of drug-likeness (QED) is 0.767. The van der Waals surface area contributed by atoms with Crippen LogP contribution in [-0.4, -0.2) is 43.3 Å². The van der Waals surface area contributed by atoms with Crippen molar-refractivity contribution in [1.82, 2.24) is 4.90 Å². The highest BCUT2D eigenvalue weighted by molar-refractivity contribution is 5.96. The van der Waals surface area contributed by atoms with Crippen molar-refractivity contribution >= 4 is 23.8 Å². The number of benzene rings is 2. The molecule has 0 aromatic heterocycles. The Morgan fingerprint density at radius 3 is 2.64 bits per heavy atom. The fraction of sp³-hybridized carbons (Fsp3) is 0.318. The maximum atomic E-state index is 13.2. The molecule has 2 aliphatic heterocycles. The van der Waals surface area contributed by atoms with Crippen molar-refractivity contribution in [2.24, 2.45) is 4.99 Å². The Morgan fingerprint density at radius 1 is 1.18 bits per heavy atom. The van der Waals surface area contributed by atoms with Crippen LogP contribution in [0.1, 0.15) is 24.0 Å². The number of aliphatic imine (C=N–C) groups is 1. The number of methoxy groups -OCH3 is 2. The monoisotopic (exact) mass is 378 g/mol. The lowest BCUT2D eigenvalue weighted by molar-refractivity contribution is -0.157. The van der Waals surface area contributed by atoms with Gasteiger partial charge in [0.1, 0.15) is 11.8 Å². The number of nitrogens with zero attached hydrogens (tertiary/aromatic N) is 2. The maximum Gasteiger partial charge on any atom is 0.328 e. The Hall–Kier alpha value is -3.15. The number of rotatable bonds is 4. The van der Waals surface area contributed by atoms with E-state index in [1.807, 2.05) is 54.7 Å². The Balaban J connectivity index is 1.64. The molecule has 2 aromatic carbocycles. The summed E-state index contributed by atoms with van der Waals surface area (Å²) in [6.07, 6.45) is 2.58. The van der Waals surface area contributed by atoms with E-state index in [1.54, 1.807) is 12.0 Å². The first-order chi connectivity index (χ1) is 13.6. The van der Waals surface area contributed by atoms with Gasteiger partial charge in [0, 0.05) is 24.6 Å². The van der Waals surface area contributed by atoms with Crippen molar-refractivity contribution in [3.63, 3.8) is 0 Å². The van der Waals surface area contributed by atoms with Gasteiger partial charge in [0.15, 0.2) is 0 Å². The number of likely N-dealkylation sites (tertiary alicyclic amines) is 1. The normalized spacial score (nSPS) is 23.0. The summed E-state index contributed by atoms with van der Waals surface area (Å²) in [5, 5.41) is 0. The lowest BCUT2D eigenvalue weighted by Gasteiger charge is -2.42. The summed E-state index contributed by atoms with van der Waals surface area (Å²) in [4.78, 5) is 31.9. The maximum absolute atomic E-state index is 13.2. The molecule has 1 amide bonds. The second kappa shape index (κ2) is 7.11. The second-order valence-corrected chi connectivity index (χ2v) is 7.22. The summed E-state index contributed by atoms with van der Waals surface area (Å²) in [5.74, 6) is 0.260. The molecule has 0 saturated carbocycles. The molecule has 1 spiro atoms. The fourth-order valence-corrected chi connectivity index (χ4v) is 4.12. The summed E-state index contributed by atoms with van der Waals surface area (Å²) < 4.78 is 10.2. The van der Waals surface area contributed by atoms with Gasteiger partial charge in [-0.3, -0.25) is 9.79 Å². The first-order valence-corrected chi connectivity index (χ1v) is 9.21. The number of carbonyl (C=O) groups is 2. The average molecular weight is 378 g/mol. The summed E-state index contributed by atoms with van der Waals surface area (Å²) >= 11 is 0. The average Bonchev–Trinajstić information content (AvgIpc) is 3.08. The molecule has 4 rings (SSSR count). The van der Waals surface area contributed by atoms with E-state index in [0.29, 0.717) is 13.0 Å². The van der Waals surface area contributed by atoms with Gasteiger partial charge in [0.2, 0.25) is 5.91 Å². The van der Waals surface area contributed by atoms with Crippen LogP contribution in [0.25, 0.3) is 0 Å². The van der Waals surface area contributed by atoms with Crippen molar-refractivity contribution in [3.05, 3.63) is 59.7 Å². The molecule has 2 aromatic rings. The number of hydrogen-bond acceptors (Lipinski definition) is 5. The molecule has 6 heteroatoms. The third-order valence-corrected chi connectivity index (χ3v) is 5.60. The van der Waals surface area contributed by atoms with Gasteiger partial charge in [0.25, 0.3) is 0 Å². The van der Waals surface area contributed by atoms with E-state index in [9.17, 15) is 9.59 Å². The molecule has 1 saturated heterocycles. The minimum absolute atomic E-state index is 0.0828. The van der Waals surface area contributed by atoms with Crippen molar-refractivity contribution < 1.29 is 19.1 Å². The van der Waals surface area contributed by atoms with Gasteiger partial charge in [-0.1, -0.05) is 30.3 Å². The van der Waals surface area contributed by atoms with Crippen LogP contribution in [0.5, 0.6) is 5.75 Å².